The van der Waals surface area contributed by atoms with Gasteiger partial charge in [-0.3, -0.25) is 9.78 Å². The van der Waals surface area contributed by atoms with E-state index in [1.54, 1.807) is 12.4 Å². The Bertz CT molecular complexity index is 672. The predicted molar refractivity (Wildman–Crippen MR) is 92.2 cm³/mol. The number of hydrogen-bond donors (Lipinski definition) is 0. The van der Waals surface area contributed by atoms with Crippen molar-refractivity contribution in [3.63, 3.8) is 0 Å². The van der Waals surface area contributed by atoms with Crippen LogP contribution in [0, 0.1) is 0 Å². The molecule has 1 unspecified atom stereocenters. The maximum atomic E-state index is 12.4. The van der Waals surface area contributed by atoms with E-state index >= 15 is 0 Å². The van der Waals surface area contributed by atoms with Crippen LogP contribution in [-0.4, -0.2) is 50.7 Å². The zero-order valence-electron chi connectivity index (χ0n) is 13.0. The van der Waals surface area contributed by atoms with E-state index in [2.05, 4.69) is 15.0 Å². The Morgan fingerprint density at radius 2 is 2.08 bits per heavy atom. The van der Waals surface area contributed by atoms with Gasteiger partial charge in [-0.2, -0.15) is 0 Å². The van der Waals surface area contributed by atoms with Gasteiger partial charge in [-0.25, -0.2) is 9.97 Å². The summed E-state index contributed by atoms with van der Waals surface area (Å²) in [5, 5.41) is 0.468. The highest BCUT2D eigenvalue weighted by Gasteiger charge is 2.25. The highest BCUT2D eigenvalue weighted by atomic mass is 35.5. The fourth-order valence-electron chi connectivity index (χ4n) is 2.44. The van der Waals surface area contributed by atoms with Crippen LogP contribution < -0.4 is 4.74 Å². The van der Waals surface area contributed by atoms with Gasteiger partial charge in [-0.05, 0) is 25.0 Å². The zero-order chi connectivity index (χ0) is 16.8. The normalized spacial score (nSPS) is 17.5. The van der Waals surface area contributed by atoms with Gasteiger partial charge in [0.05, 0.1) is 29.7 Å². The number of carbonyl (C=O) groups excluding carboxylic acids is 1. The van der Waals surface area contributed by atoms with E-state index in [0.717, 1.165) is 24.3 Å². The molecule has 0 bridgehead atoms. The first-order valence-electron chi connectivity index (χ1n) is 7.65. The third-order valence-electron chi connectivity index (χ3n) is 3.61. The number of carbonyl (C=O) groups is 1. The lowest BCUT2D eigenvalue weighted by molar-refractivity contribution is -0.131. The second-order valence-electron chi connectivity index (χ2n) is 5.38. The summed E-state index contributed by atoms with van der Waals surface area (Å²) in [6.07, 6.45) is 8.15. The van der Waals surface area contributed by atoms with E-state index in [1.165, 1.54) is 24.2 Å². The number of ether oxygens (including phenoxy) is 1. The van der Waals surface area contributed by atoms with Crippen molar-refractivity contribution in [2.45, 2.75) is 23.8 Å². The molecular weight excluding hydrogens is 348 g/mol. The van der Waals surface area contributed by atoms with Crippen LogP contribution in [0.2, 0.25) is 5.02 Å². The van der Waals surface area contributed by atoms with E-state index < -0.39 is 0 Å². The average Bonchev–Trinajstić information content (AvgIpc) is 2.63. The Morgan fingerprint density at radius 1 is 1.33 bits per heavy atom. The van der Waals surface area contributed by atoms with Crippen molar-refractivity contribution in [3.05, 3.63) is 41.9 Å². The molecule has 1 atom stereocenters. The molecule has 0 saturated carbocycles. The van der Waals surface area contributed by atoms with Crippen molar-refractivity contribution in [1.82, 2.24) is 19.9 Å². The molecular formula is C16H17ClN4O2S. The third kappa shape index (κ3) is 4.82. The van der Waals surface area contributed by atoms with Gasteiger partial charge in [-0.1, -0.05) is 11.6 Å². The highest BCUT2D eigenvalue weighted by molar-refractivity contribution is 8.00. The molecule has 0 aromatic carbocycles. The maximum absolute atomic E-state index is 12.4. The Balaban J connectivity index is 1.51. The summed E-state index contributed by atoms with van der Waals surface area (Å²) in [4.78, 5) is 27.3. The molecule has 3 rings (SSSR count). The van der Waals surface area contributed by atoms with E-state index in [0.29, 0.717) is 23.3 Å². The molecule has 2 aromatic heterocycles. The monoisotopic (exact) mass is 364 g/mol. The van der Waals surface area contributed by atoms with Crippen LogP contribution in [0.1, 0.15) is 12.8 Å². The third-order valence-corrected chi connectivity index (χ3v) is 4.80. The van der Waals surface area contributed by atoms with Crippen molar-refractivity contribution in [2.75, 3.05) is 18.8 Å². The van der Waals surface area contributed by atoms with E-state index in [1.807, 2.05) is 17.0 Å². The Hall–Kier alpha value is -1.86. The van der Waals surface area contributed by atoms with Crippen molar-refractivity contribution in [1.29, 1.82) is 0 Å². The van der Waals surface area contributed by atoms with E-state index in [-0.39, 0.29) is 12.0 Å². The fourth-order valence-corrected chi connectivity index (χ4v) is 3.33. The van der Waals surface area contributed by atoms with Crippen LogP contribution >= 0.6 is 23.4 Å². The number of nitrogens with zero attached hydrogens (tertiary/aromatic N) is 4. The number of halogens is 1. The average molecular weight is 365 g/mol. The van der Waals surface area contributed by atoms with Gasteiger partial charge >= 0.3 is 6.01 Å². The molecule has 0 radical (unpaired) electrons. The number of amides is 1. The predicted octanol–water partition coefficient (Wildman–Crippen LogP) is 2.69. The van der Waals surface area contributed by atoms with Gasteiger partial charge in [0.2, 0.25) is 5.91 Å². The van der Waals surface area contributed by atoms with Gasteiger partial charge < -0.3 is 9.64 Å². The summed E-state index contributed by atoms with van der Waals surface area (Å²) in [7, 11) is 0. The first-order chi connectivity index (χ1) is 11.7. The summed E-state index contributed by atoms with van der Waals surface area (Å²) in [6.45, 7) is 1.32. The van der Waals surface area contributed by atoms with Crippen LogP contribution in [-0.2, 0) is 4.79 Å². The molecule has 0 spiro atoms. The van der Waals surface area contributed by atoms with E-state index in [4.69, 9.17) is 16.3 Å². The van der Waals surface area contributed by atoms with Crippen molar-refractivity contribution in [3.8, 4) is 6.01 Å². The van der Waals surface area contributed by atoms with Crippen LogP contribution in [0.15, 0.2) is 41.8 Å². The lowest BCUT2D eigenvalue weighted by Crippen LogP contribution is -2.45. The first kappa shape index (κ1) is 17.0. The molecule has 24 heavy (non-hydrogen) atoms. The molecule has 1 amide bonds. The van der Waals surface area contributed by atoms with Crippen molar-refractivity contribution >= 4 is 29.3 Å². The Kier molecular flexibility index (Phi) is 5.87. The molecule has 0 aliphatic carbocycles. The van der Waals surface area contributed by atoms with Gasteiger partial charge in [-0.15, -0.1) is 11.8 Å². The number of hydrogen-bond acceptors (Lipinski definition) is 6. The highest BCUT2D eigenvalue weighted by Crippen LogP contribution is 2.20. The summed E-state index contributed by atoms with van der Waals surface area (Å²) >= 11 is 7.28. The molecule has 1 aliphatic heterocycles. The first-order valence-corrected chi connectivity index (χ1v) is 9.02. The molecule has 2 aromatic rings. The lowest BCUT2D eigenvalue weighted by atomic mass is 10.1. The smallest absolute Gasteiger partial charge is 0.316 e. The SMILES string of the molecule is O=C(CSc1ccncc1)N1CCCC(Oc2ncc(Cl)cn2)C1. The number of pyridine rings is 1. The molecule has 3 heterocycles. The van der Waals surface area contributed by atoms with Crippen LogP contribution in [0.4, 0.5) is 0 Å². The fraction of sp³-hybridized carbons (Fsp3) is 0.375. The number of rotatable bonds is 5. The number of likely N-dealkylation sites (tertiary alicyclic amines) is 1. The van der Waals surface area contributed by atoms with Gasteiger partial charge in [0.25, 0.3) is 0 Å². The largest absolute Gasteiger partial charge is 0.458 e. The van der Waals surface area contributed by atoms with Crippen LogP contribution in [0.5, 0.6) is 6.01 Å². The molecule has 1 saturated heterocycles. The minimum absolute atomic E-state index is 0.0881. The van der Waals surface area contributed by atoms with Gasteiger partial charge in [0.1, 0.15) is 6.10 Å². The molecule has 126 valence electrons. The van der Waals surface area contributed by atoms with Gasteiger partial charge in [0, 0.05) is 23.8 Å². The Morgan fingerprint density at radius 3 is 2.83 bits per heavy atom. The summed E-state index contributed by atoms with van der Waals surface area (Å²) < 4.78 is 5.76. The van der Waals surface area contributed by atoms with Crippen molar-refractivity contribution in [2.24, 2.45) is 0 Å². The molecule has 0 N–H and O–H groups in total. The maximum Gasteiger partial charge on any atom is 0.316 e. The zero-order valence-corrected chi connectivity index (χ0v) is 14.5. The second-order valence-corrected chi connectivity index (χ2v) is 6.86. The topological polar surface area (TPSA) is 68.2 Å². The van der Waals surface area contributed by atoms with Crippen LogP contribution in [0.3, 0.4) is 0 Å². The molecule has 6 nitrogen and oxygen atoms in total. The summed E-state index contributed by atoms with van der Waals surface area (Å²) in [5.74, 6) is 0.524. The number of aromatic nitrogens is 3. The number of piperidine rings is 1. The standard InChI is InChI=1S/C16H17ClN4O2S/c17-12-8-19-16(20-9-12)23-13-2-1-7-21(10-13)15(22)11-24-14-3-5-18-6-4-14/h3-6,8-9,13H,1-2,7,10-11H2. The summed E-state index contributed by atoms with van der Waals surface area (Å²) in [5.41, 5.74) is 0. The van der Waals surface area contributed by atoms with E-state index in [9.17, 15) is 4.79 Å². The lowest BCUT2D eigenvalue weighted by Gasteiger charge is -2.32. The number of thioether (sulfide) groups is 1. The van der Waals surface area contributed by atoms with Crippen molar-refractivity contribution < 1.29 is 9.53 Å². The minimum atomic E-state index is -0.0881. The molecule has 8 heteroatoms. The summed E-state index contributed by atoms with van der Waals surface area (Å²) in [6, 6.07) is 4.10. The molecule has 1 fully saturated rings. The molecule has 1 aliphatic rings. The Labute approximate surface area is 149 Å². The second kappa shape index (κ2) is 8.30. The minimum Gasteiger partial charge on any atom is -0.458 e. The van der Waals surface area contributed by atoms with Gasteiger partial charge in [0.15, 0.2) is 0 Å². The van der Waals surface area contributed by atoms with Crippen LogP contribution in [0.25, 0.3) is 0 Å². The quantitative estimate of drug-likeness (QED) is 0.760.